The minimum atomic E-state index is 0.278. The highest BCUT2D eigenvalue weighted by atomic mass is 79.9. The van der Waals surface area contributed by atoms with E-state index in [1.165, 1.54) is 27.8 Å². The molecule has 1 aliphatic carbocycles. The largest absolute Gasteiger partial charge is 0.386 e. The number of nitrogens with zero attached hydrogens (tertiary/aromatic N) is 3. The molecular weight excluding hydrogens is 604 g/mol. The third-order valence-corrected chi connectivity index (χ3v) is 9.05. The molecule has 2 aromatic rings. The maximum Gasteiger partial charge on any atom is 0.222 e. The van der Waals surface area contributed by atoms with Crippen LogP contribution < -0.4 is 5.73 Å². The van der Waals surface area contributed by atoms with Gasteiger partial charge >= 0.3 is 0 Å². The minimum Gasteiger partial charge on any atom is -0.386 e. The topological polar surface area (TPSA) is 62.5 Å². The van der Waals surface area contributed by atoms with Crippen LogP contribution in [0.25, 0.3) is 5.57 Å². The van der Waals surface area contributed by atoms with E-state index in [2.05, 4.69) is 60.4 Å². The van der Waals surface area contributed by atoms with Crippen LogP contribution in [0.3, 0.4) is 0 Å². The molecule has 2 aliphatic heterocycles. The van der Waals surface area contributed by atoms with Crippen LogP contribution in [0.2, 0.25) is 5.02 Å². The number of pyridine rings is 1. The second-order valence-electron chi connectivity index (χ2n) is 10.1. The lowest BCUT2D eigenvalue weighted by Gasteiger charge is -2.35. The third-order valence-electron chi connectivity index (χ3n) is 7.78. The van der Waals surface area contributed by atoms with E-state index in [1.807, 2.05) is 12.3 Å². The van der Waals surface area contributed by atoms with Crippen molar-refractivity contribution >= 4 is 54.9 Å². The predicted octanol–water partition coefficient (Wildman–Crippen LogP) is 6.31. The summed E-state index contributed by atoms with van der Waals surface area (Å²) < 4.78 is 2.01. The van der Waals surface area contributed by atoms with Crippen LogP contribution in [0, 0.1) is 5.92 Å². The minimum absolute atomic E-state index is 0.278. The van der Waals surface area contributed by atoms with E-state index in [1.54, 1.807) is 0 Å². The first kappa shape index (κ1) is 25.8. The number of benzene rings is 1. The first-order valence-corrected chi connectivity index (χ1v) is 14.6. The molecule has 5 nitrogen and oxygen atoms in total. The Labute approximate surface area is 235 Å². The number of likely N-dealkylation sites (tertiary alicyclic amines) is 2. The lowest BCUT2D eigenvalue weighted by Crippen LogP contribution is -2.40. The van der Waals surface area contributed by atoms with Gasteiger partial charge in [-0.1, -0.05) is 39.7 Å². The van der Waals surface area contributed by atoms with Gasteiger partial charge in [-0.3, -0.25) is 9.78 Å². The van der Waals surface area contributed by atoms with Crippen molar-refractivity contribution in [3.63, 3.8) is 0 Å². The summed E-state index contributed by atoms with van der Waals surface area (Å²) in [6.45, 7) is 7.13. The second-order valence-corrected chi connectivity index (χ2v) is 12.3. The van der Waals surface area contributed by atoms with Gasteiger partial charge in [0.25, 0.3) is 0 Å². The third kappa shape index (κ3) is 5.39. The molecule has 190 valence electrons. The van der Waals surface area contributed by atoms with Crippen molar-refractivity contribution in [3.05, 3.63) is 78.7 Å². The van der Waals surface area contributed by atoms with Gasteiger partial charge in [0.1, 0.15) is 0 Å². The van der Waals surface area contributed by atoms with Gasteiger partial charge in [0, 0.05) is 63.9 Å². The predicted molar refractivity (Wildman–Crippen MR) is 153 cm³/mol. The van der Waals surface area contributed by atoms with Crippen molar-refractivity contribution < 1.29 is 4.79 Å². The van der Waals surface area contributed by atoms with Gasteiger partial charge in [-0.05, 0) is 89.7 Å². The molecular formula is C28H31Br2ClN4O. The van der Waals surface area contributed by atoms with E-state index in [0.717, 1.165) is 84.4 Å². The summed E-state index contributed by atoms with van der Waals surface area (Å²) in [5.41, 5.74) is 13.2. The average molecular weight is 635 g/mol. The van der Waals surface area contributed by atoms with E-state index >= 15 is 0 Å². The molecule has 36 heavy (non-hydrogen) atoms. The highest BCUT2D eigenvalue weighted by molar-refractivity contribution is 9.10. The molecule has 0 unspecified atom stereocenters. The van der Waals surface area contributed by atoms with Crippen LogP contribution in [-0.2, 0) is 17.6 Å². The standard InChI is InChI=1S/C28H31Br2ClN4O/c1-17(32)34-8-4-18(5-9-34)12-25(36)35-10-6-19(7-11-35)27-26-20(14-23(31)15-24(26)30)2-3-21-13-22(29)16-33-28(21)27/h13-16,18H,1-12,32H2. The molecule has 2 saturated heterocycles. The Morgan fingerprint density at radius 3 is 2.42 bits per heavy atom. The first-order valence-electron chi connectivity index (χ1n) is 12.6. The van der Waals surface area contributed by atoms with E-state index in [4.69, 9.17) is 22.3 Å². The van der Waals surface area contributed by atoms with E-state index < -0.39 is 0 Å². The molecule has 0 atom stereocenters. The summed E-state index contributed by atoms with van der Waals surface area (Å²) >= 11 is 13.8. The van der Waals surface area contributed by atoms with E-state index in [9.17, 15) is 4.79 Å². The molecule has 2 N–H and O–H groups in total. The molecule has 3 aliphatic rings. The number of aromatic nitrogens is 1. The zero-order valence-corrected chi connectivity index (χ0v) is 24.3. The van der Waals surface area contributed by atoms with Crippen molar-refractivity contribution in [1.82, 2.24) is 14.8 Å². The number of amides is 1. The van der Waals surface area contributed by atoms with E-state index in [0.29, 0.717) is 18.2 Å². The molecule has 0 saturated carbocycles. The summed E-state index contributed by atoms with van der Waals surface area (Å²) in [6.07, 6.45) is 8.06. The molecule has 1 aromatic heterocycles. The lowest BCUT2D eigenvalue weighted by atomic mass is 9.88. The summed E-state index contributed by atoms with van der Waals surface area (Å²) in [5, 5.41) is 0.743. The number of rotatable bonds is 3. The molecule has 5 rings (SSSR count). The fourth-order valence-electron chi connectivity index (χ4n) is 5.81. The summed E-state index contributed by atoms with van der Waals surface area (Å²) in [7, 11) is 0. The number of hydrogen-bond donors (Lipinski definition) is 1. The van der Waals surface area contributed by atoms with Crippen molar-refractivity contribution in [1.29, 1.82) is 0 Å². The Morgan fingerprint density at radius 2 is 1.72 bits per heavy atom. The lowest BCUT2D eigenvalue weighted by molar-refractivity contribution is -0.133. The summed E-state index contributed by atoms with van der Waals surface area (Å²) in [4.78, 5) is 22.2. The maximum absolute atomic E-state index is 13.2. The van der Waals surface area contributed by atoms with Crippen molar-refractivity contribution in [2.75, 3.05) is 26.2 Å². The van der Waals surface area contributed by atoms with Gasteiger partial charge < -0.3 is 15.5 Å². The zero-order valence-electron chi connectivity index (χ0n) is 20.3. The Kier molecular flexibility index (Phi) is 7.80. The Morgan fingerprint density at radius 1 is 1.03 bits per heavy atom. The number of halogens is 3. The number of aryl methyl sites for hydroxylation is 2. The van der Waals surface area contributed by atoms with Crippen LogP contribution in [0.4, 0.5) is 0 Å². The fraction of sp³-hybridized carbons (Fsp3) is 0.429. The first-order chi connectivity index (χ1) is 17.3. The van der Waals surface area contributed by atoms with Gasteiger partial charge in [0.15, 0.2) is 0 Å². The average Bonchev–Trinajstić information content (AvgIpc) is 3.01. The molecule has 1 aromatic carbocycles. The van der Waals surface area contributed by atoms with Crippen LogP contribution in [0.1, 0.15) is 54.5 Å². The van der Waals surface area contributed by atoms with Crippen LogP contribution in [-0.4, -0.2) is 46.9 Å². The summed E-state index contributed by atoms with van der Waals surface area (Å²) in [6, 6.07) is 6.26. The van der Waals surface area contributed by atoms with Crippen molar-refractivity contribution in [3.8, 4) is 0 Å². The highest BCUT2D eigenvalue weighted by Crippen LogP contribution is 2.42. The smallest absolute Gasteiger partial charge is 0.222 e. The second kappa shape index (κ2) is 10.9. The molecule has 8 heteroatoms. The molecule has 0 radical (unpaired) electrons. The maximum atomic E-state index is 13.2. The monoisotopic (exact) mass is 632 g/mol. The zero-order chi connectivity index (χ0) is 25.4. The molecule has 2 fully saturated rings. The quantitative estimate of drug-likeness (QED) is 0.430. The molecule has 0 spiro atoms. The number of piperidine rings is 2. The number of carbonyl (C=O) groups excluding carboxylic acids is 1. The van der Waals surface area contributed by atoms with Crippen molar-refractivity contribution in [2.24, 2.45) is 11.7 Å². The number of carbonyl (C=O) groups is 1. The Hall–Kier alpha value is -1.83. The Bertz CT molecular complexity index is 1230. The Balaban J connectivity index is 1.37. The van der Waals surface area contributed by atoms with Crippen LogP contribution >= 0.6 is 43.5 Å². The SMILES string of the molecule is C=C(N)N1CCC(CC(=O)N2CCC(=C3c4ncc(Br)cc4CCc4cc(Cl)cc(Br)c43)CC2)CC1. The van der Waals surface area contributed by atoms with Crippen molar-refractivity contribution in [2.45, 2.75) is 44.9 Å². The molecule has 1 amide bonds. The van der Waals surface area contributed by atoms with Crippen LogP contribution in [0.5, 0.6) is 0 Å². The van der Waals surface area contributed by atoms with Gasteiger partial charge in [0.05, 0.1) is 11.5 Å². The fourth-order valence-corrected chi connectivity index (χ4v) is 7.26. The number of hydrogen-bond acceptors (Lipinski definition) is 4. The highest BCUT2D eigenvalue weighted by Gasteiger charge is 2.29. The van der Waals surface area contributed by atoms with Gasteiger partial charge in [-0.2, -0.15) is 0 Å². The number of nitrogens with two attached hydrogens (primary N) is 1. The van der Waals surface area contributed by atoms with Gasteiger partial charge in [0.2, 0.25) is 5.91 Å². The van der Waals surface area contributed by atoms with Crippen LogP contribution in [0.15, 0.2) is 51.3 Å². The normalized spacial score (nSPS) is 18.5. The van der Waals surface area contributed by atoms with Gasteiger partial charge in [-0.25, -0.2) is 0 Å². The number of fused-ring (bicyclic) bond motifs is 2. The molecule has 0 bridgehead atoms. The van der Waals surface area contributed by atoms with E-state index in [-0.39, 0.29) is 5.91 Å². The van der Waals surface area contributed by atoms with Gasteiger partial charge in [-0.15, -0.1) is 0 Å². The molecule has 3 heterocycles. The summed E-state index contributed by atoms with van der Waals surface area (Å²) in [5.74, 6) is 1.34.